The number of anilines is 2. The van der Waals surface area contributed by atoms with Gasteiger partial charge in [0.15, 0.2) is 0 Å². The van der Waals surface area contributed by atoms with Crippen LogP contribution in [0, 0.1) is 23.7 Å². The Kier molecular flexibility index (Phi) is 7.32. The summed E-state index contributed by atoms with van der Waals surface area (Å²) in [6.07, 6.45) is 13.5. The summed E-state index contributed by atoms with van der Waals surface area (Å²) in [4.78, 5) is 2.67. The maximum atomic E-state index is 6.54. The van der Waals surface area contributed by atoms with E-state index in [1.54, 1.807) is 22.3 Å². The lowest BCUT2D eigenvalue weighted by Gasteiger charge is -2.53. The summed E-state index contributed by atoms with van der Waals surface area (Å²) in [6.45, 7) is 0.836. The molecular formula is C59H51NO. The number of furan rings is 1. The third-order valence-corrected chi connectivity index (χ3v) is 17.2. The number of para-hydroxylation sites is 2. The molecule has 298 valence electrons. The average Bonchev–Trinajstić information content (AvgIpc) is 4.05. The lowest BCUT2D eigenvalue weighted by atomic mass is 9.50. The van der Waals surface area contributed by atoms with Gasteiger partial charge in [0.2, 0.25) is 0 Å². The molecule has 5 fully saturated rings. The molecule has 0 aliphatic heterocycles. The van der Waals surface area contributed by atoms with E-state index >= 15 is 0 Å². The monoisotopic (exact) mass is 789 g/mol. The van der Waals surface area contributed by atoms with Gasteiger partial charge in [0.05, 0.1) is 0 Å². The summed E-state index contributed by atoms with van der Waals surface area (Å²) in [5, 5.41) is 2.35. The summed E-state index contributed by atoms with van der Waals surface area (Å²) in [5.74, 6) is 3.23. The summed E-state index contributed by atoms with van der Waals surface area (Å²) < 4.78 is 6.54. The fraction of sp³-hybridized carbons (Fsp3) is 0.288. The minimum absolute atomic E-state index is 0.0997. The number of benzene rings is 7. The van der Waals surface area contributed by atoms with E-state index in [1.165, 1.54) is 120 Å². The van der Waals surface area contributed by atoms with Crippen molar-refractivity contribution in [2.45, 2.75) is 81.6 Å². The summed E-state index contributed by atoms with van der Waals surface area (Å²) in [6, 6.07) is 58.2. The molecule has 61 heavy (non-hydrogen) atoms. The number of hydrogen-bond donors (Lipinski definition) is 0. The van der Waals surface area contributed by atoms with Crippen molar-refractivity contribution >= 4 is 33.3 Å². The number of hydrogen-bond acceptors (Lipinski definition) is 2. The van der Waals surface area contributed by atoms with E-state index in [-0.39, 0.29) is 10.8 Å². The van der Waals surface area contributed by atoms with Crippen LogP contribution in [0.1, 0.15) is 92.0 Å². The molecule has 7 aliphatic carbocycles. The molecule has 2 heteroatoms. The second kappa shape index (κ2) is 12.8. The Labute approximate surface area is 359 Å². The van der Waals surface area contributed by atoms with Crippen LogP contribution >= 0.6 is 0 Å². The summed E-state index contributed by atoms with van der Waals surface area (Å²) >= 11 is 0. The minimum Gasteiger partial charge on any atom is -0.455 e. The van der Waals surface area contributed by atoms with Crippen molar-refractivity contribution in [3.63, 3.8) is 0 Å². The molecule has 8 aromatic rings. The Balaban J connectivity index is 0.943. The van der Waals surface area contributed by atoms with E-state index in [9.17, 15) is 0 Å². The van der Waals surface area contributed by atoms with E-state index in [1.807, 2.05) is 0 Å². The zero-order valence-electron chi connectivity index (χ0n) is 34.9. The quantitative estimate of drug-likeness (QED) is 0.173. The molecule has 1 heterocycles. The minimum atomic E-state index is 0.0997. The molecule has 0 saturated heterocycles. The Hall–Kier alpha value is -5.86. The van der Waals surface area contributed by atoms with E-state index in [2.05, 4.69) is 157 Å². The van der Waals surface area contributed by atoms with Crippen LogP contribution in [0.3, 0.4) is 0 Å². The van der Waals surface area contributed by atoms with Crippen molar-refractivity contribution < 1.29 is 4.42 Å². The standard InChI is InChI=1S/C59H51NO/c1-4-18-52-46(12-1)48-28-27-44(35-54(48)58(52)29-7-8-30-58)60(43-25-22-39(23-26-43)45-15-10-17-51-49-14-3-6-20-55(49)61-57(45)51)36-40-11-9-16-50-47-13-2-5-19-53(47)59(56(40)50)41-24-21-37-31-38(33-41)34-42(59)32-37/h1-6,9-20,22-23,25-28,35,37-38,41-42H,7-8,21,24,29-34,36H2. The predicted octanol–water partition coefficient (Wildman–Crippen LogP) is 15.5. The summed E-state index contributed by atoms with van der Waals surface area (Å²) in [7, 11) is 0. The van der Waals surface area contributed by atoms with Gasteiger partial charge in [0.1, 0.15) is 11.2 Å². The number of nitrogens with zero attached hydrogens (tertiary/aromatic N) is 1. The first-order valence-electron chi connectivity index (χ1n) is 23.4. The van der Waals surface area contributed by atoms with Crippen LogP contribution in [-0.2, 0) is 17.4 Å². The molecule has 2 nitrogen and oxygen atoms in total. The van der Waals surface area contributed by atoms with Crippen molar-refractivity contribution in [3.8, 4) is 33.4 Å². The largest absolute Gasteiger partial charge is 0.455 e. The molecule has 7 aliphatic rings. The van der Waals surface area contributed by atoms with E-state index in [0.717, 1.165) is 41.0 Å². The van der Waals surface area contributed by atoms with Gasteiger partial charge in [-0.25, -0.2) is 0 Å². The topological polar surface area (TPSA) is 16.4 Å². The third kappa shape index (κ3) is 4.74. The van der Waals surface area contributed by atoms with Gasteiger partial charge in [-0.05, 0) is 155 Å². The van der Waals surface area contributed by atoms with Gasteiger partial charge in [-0.1, -0.05) is 141 Å². The van der Waals surface area contributed by atoms with Crippen molar-refractivity contribution in [3.05, 3.63) is 179 Å². The van der Waals surface area contributed by atoms with Crippen molar-refractivity contribution in [2.24, 2.45) is 23.7 Å². The SMILES string of the molecule is c1ccc2c(c1)-c1ccc(N(Cc3cccc4c3C3(c5ccccc5-4)C4CCC5CC(C4)CC3C5)c3ccc(-c4cccc5c4oc4ccccc45)cc3)cc1C21CCCC1. The number of fused-ring (bicyclic) bond motifs is 12. The molecular weight excluding hydrogens is 739 g/mol. The molecule has 0 radical (unpaired) electrons. The predicted molar refractivity (Wildman–Crippen MR) is 250 cm³/mol. The van der Waals surface area contributed by atoms with Crippen LogP contribution < -0.4 is 4.90 Å². The maximum Gasteiger partial charge on any atom is 0.143 e. The van der Waals surface area contributed by atoms with Gasteiger partial charge in [-0.3, -0.25) is 0 Å². The molecule has 5 saturated carbocycles. The van der Waals surface area contributed by atoms with Crippen LogP contribution in [0.15, 0.2) is 156 Å². The van der Waals surface area contributed by atoms with Gasteiger partial charge >= 0.3 is 0 Å². The first kappa shape index (κ1) is 34.8. The van der Waals surface area contributed by atoms with Gasteiger partial charge in [-0.15, -0.1) is 0 Å². The van der Waals surface area contributed by atoms with E-state index in [0.29, 0.717) is 5.92 Å². The second-order valence-electron chi connectivity index (χ2n) is 19.9. The average molecular weight is 790 g/mol. The molecule has 1 aromatic heterocycles. The smallest absolute Gasteiger partial charge is 0.143 e. The highest BCUT2D eigenvalue weighted by molar-refractivity contribution is 6.09. The van der Waals surface area contributed by atoms with Crippen molar-refractivity contribution in [1.29, 1.82) is 0 Å². The highest BCUT2D eigenvalue weighted by Gasteiger charge is 2.60. The second-order valence-corrected chi connectivity index (χ2v) is 19.9. The highest BCUT2D eigenvalue weighted by Crippen LogP contribution is 2.68. The fourth-order valence-electron chi connectivity index (χ4n) is 15.0. The van der Waals surface area contributed by atoms with E-state index in [4.69, 9.17) is 4.42 Å². The Bertz CT molecular complexity index is 3060. The molecule has 5 unspecified atom stereocenters. The Morgan fingerprint density at radius 2 is 1.18 bits per heavy atom. The van der Waals surface area contributed by atoms with Crippen molar-refractivity contribution in [1.82, 2.24) is 0 Å². The highest BCUT2D eigenvalue weighted by atomic mass is 16.3. The van der Waals surface area contributed by atoms with Crippen LogP contribution in [-0.4, -0.2) is 0 Å². The zero-order valence-corrected chi connectivity index (χ0v) is 34.9. The first-order chi connectivity index (χ1) is 30.2. The van der Waals surface area contributed by atoms with Gasteiger partial charge in [0, 0.05) is 45.1 Å². The van der Waals surface area contributed by atoms with Gasteiger partial charge < -0.3 is 9.32 Å². The van der Waals surface area contributed by atoms with Gasteiger partial charge in [-0.2, -0.15) is 0 Å². The zero-order chi connectivity index (χ0) is 39.9. The van der Waals surface area contributed by atoms with Crippen LogP contribution in [0.25, 0.3) is 55.3 Å². The van der Waals surface area contributed by atoms with Crippen molar-refractivity contribution in [2.75, 3.05) is 4.90 Å². The Morgan fingerprint density at radius 1 is 0.508 bits per heavy atom. The maximum absolute atomic E-state index is 6.54. The third-order valence-electron chi connectivity index (χ3n) is 17.2. The molecule has 0 N–H and O–H groups in total. The molecule has 2 spiro atoms. The van der Waals surface area contributed by atoms with Crippen LogP contribution in [0.5, 0.6) is 0 Å². The molecule has 7 aromatic carbocycles. The van der Waals surface area contributed by atoms with Crippen LogP contribution in [0.4, 0.5) is 11.4 Å². The first-order valence-corrected chi connectivity index (χ1v) is 23.4. The molecule has 0 amide bonds. The van der Waals surface area contributed by atoms with Gasteiger partial charge in [0.25, 0.3) is 0 Å². The number of rotatable bonds is 5. The Morgan fingerprint density at radius 3 is 2.07 bits per heavy atom. The lowest BCUT2D eigenvalue weighted by molar-refractivity contribution is 0.0613. The lowest BCUT2D eigenvalue weighted by Crippen LogP contribution is -2.48. The van der Waals surface area contributed by atoms with E-state index < -0.39 is 0 Å². The molecule has 15 rings (SSSR count). The van der Waals surface area contributed by atoms with Crippen LogP contribution in [0.2, 0.25) is 0 Å². The normalized spacial score (nSPS) is 24.7. The molecule has 5 atom stereocenters. The molecule has 4 bridgehead atoms. The summed E-state index contributed by atoms with van der Waals surface area (Å²) in [5.41, 5.74) is 20.8. The fourth-order valence-corrected chi connectivity index (χ4v) is 15.0.